The quantitative estimate of drug-likeness (QED) is 0.261. The molecule has 0 radical (unpaired) electrons. The molecule has 0 bridgehead atoms. The molecule has 0 heterocycles. The van der Waals surface area contributed by atoms with Crippen molar-refractivity contribution in [3.05, 3.63) is 0 Å². The molecule has 15 heavy (non-hydrogen) atoms. The summed E-state index contributed by atoms with van der Waals surface area (Å²) in [6.45, 7) is 0. The SMILES string of the molecule is [Al+3].[Al+3].[La+3].[La+3].[O-2].[O-2].[O-2].[O-2].[O-2].[O-2].[O-2].[O-2].[O-2].[Y+3].[Y+3]. The summed E-state index contributed by atoms with van der Waals surface area (Å²) < 4.78 is 0. The second kappa shape index (κ2) is 230. The van der Waals surface area contributed by atoms with Crippen molar-refractivity contribution < 1.29 is 186 Å². The van der Waals surface area contributed by atoms with Crippen LogP contribution in [-0.4, -0.2) is 34.7 Å². The third kappa shape index (κ3) is 206. The topological polar surface area (TPSA) is 256 Å². The van der Waals surface area contributed by atoms with Gasteiger partial charge in [0.25, 0.3) is 0 Å². The van der Waals surface area contributed by atoms with Gasteiger partial charge in [0.1, 0.15) is 0 Å². The maximum Gasteiger partial charge on any atom is 3.00 e. The smallest absolute Gasteiger partial charge is 2.00 e. The van der Waals surface area contributed by atoms with E-state index in [-0.39, 0.29) is 221 Å². The predicted molar refractivity (Wildman–Crippen MR) is 17.7 cm³/mol. The number of hydrogen-bond acceptors (Lipinski definition) is 0. The summed E-state index contributed by atoms with van der Waals surface area (Å²) in [5.41, 5.74) is 0. The first-order chi connectivity index (χ1) is 0. The van der Waals surface area contributed by atoms with Crippen molar-refractivity contribution in [2.24, 2.45) is 0 Å². The molecule has 0 fully saturated rings. The van der Waals surface area contributed by atoms with Crippen LogP contribution >= 0.6 is 0 Å². The average molecular weight is 654 g/mol. The number of hydrogen-bond donors (Lipinski definition) is 0. The van der Waals surface area contributed by atoms with Gasteiger partial charge in [0.05, 0.1) is 0 Å². The largest absolute Gasteiger partial charge is 3.00 e. The molecule has 9 nitrogen and oxygen atoms in total. The molecule has 0 aliphatic heterocycles. The average Bonchev–Trinajstić information content (AvgIpc) is 0. The van der Waals surface area contributed by atoms with Gasteiger partial charge in [0.2, 0.25) is 0 Å². The van der Waals surface area contributed by atoms with Crippen molar-refractivity contribution >= 4 is 34.7 Å². The molecule has 0 unspecified atom stereocenters. The molecule has 0 aromatic rings. The number of rotatable bonds is 0. The molecule has 0 N–H and O–H groups in total. The van der Waals surface area contributed by atoms with E-state index in [1.807, 2.05) is 0 Å². The standard InChI is InChI=1S/2Al.2La.9O.2Y/q4*+3;9*-2;2*+3. The summed E-state index contributed by atoms with van der Waals surface area (Å²) in [5.74, 6) is 0. The molecule has 0 amide bonds. The van der Waals surface area contributed by atoms with Crippen molar-refractivity contribution in [2.75, 3.05) is 0 Å². The van der Waals surface area contributed by atoms with Crippen LogP contribution in [0.4, 0.5) is 0 Å². The molecule has 0 atom stereocenters. The molecule has 15 heteroatoms. The minimum atomic E-state index is 0. The minimum Gasteiger partial charge on any atom is -2.00 e. The summed E-state index contributed by atoms with van der Waals surface area (Å²) in [4.78, 5) is 0. The van der Waals surface area contributed by atoms with Crippen LogP contribution < -0.4 is 0 Å². The van der Waals surface area contributed by atoms with E-state index in [0.717, 1.165) is 0 Å². The van der Waals surface area contributed by atoms with Crippen LogP contribution in [0.25, 0.3) is 0 Å². The molecule has 0 aromatic carbocycles. The maximum absolute atomic E-state index is 0. The van der Waals surface area contributed by atoms with Gasteiger partial charge in [-0.3, -0.25) is 0 Å². The predicted octanol–water partition coefficient (Wildman–Crippen LogP) is -1.84. The van der Waals surface area contributed by atoms with Crippen molar-refractivity contribution in [2.45, 2.75) is 0 Å². The zero-order chi connectivity index (χ0) is 0. The van der Waals surface area contributed by atoms with E-state index in [0.29, 0.717) is 0 Å². The second-order valence-electron chi connectivity index (χ2n) is 0. The van der Waals surface area contributed by atoms with Crippen LogP contribution in [-0.2, 0) is 115 Å². The molecular weight excluding hydrogens is 654 g/mol. The van der Waals surface area contributed by atoms with Gasteiger partial charge in [-0.25, -0.2) is 0 Å². The Morgan fingerprint density at radius 2 is 0.267 bits per heavy atom. The Kier molecular flexibility index (Phi) is 4130. The zero-order valence-electron chi connectivity index (χ0n) is 7.14. The summed E-state index contributed by atoms with van der Waals surface area (Å²) in [6, 6.07) is 0. The van der Waals surface area contributed by atoms with Gasteiger partial charge < -0.3 is 49.3 Å². The third-order valence-corrected chi connectivity index (χ3v) is 0. The van der Waals surface area contributed by atoms with E-state index < -0.39 is 0 Å². The van der Waals surface area contributed by atoms with E-state index in [2.05, 4.69) is 0 Å². The molecule has 0 rings (SSSR count). The van der Waals surface area contributed by atoms with Gasteiger partial charge in [-0.2, -0.15) is 0 Å². The van der Waals surface area contributed by atoms with Crippen LogP contribution in [0.15, 0.2) is 0 Å². The van der Waals surface area contributed by atoms with E-state index in [1.54, 1.807) is 0 Å². The van der Waals surface area contributed by atoms with Crippen LogP contribution in [0, 0.1) is 71.2 Å². The van der Waals surface area contributed by atoms with Crippen LogP contribution in [0.5, 0.6) is 0 Å². The second-order valence-corrected chi connectivity index (χ2v) is 0. The Balaban J connectivity index is 0. The molecule has 0 saturated carbocycles. The van der Waals surface area contributed by atoms with Gasteiger partial charge in [-0.15, -0.1) is 0 Å². The fraction of sp³-hybridized carbons (Fsp3) is 0. The first-order valence-corrected chi connectivity index (χ1v) is 0. The van der Waals surface area contributed by atoms with E-state index in [9.17, 15) is 0 Å². The Bertz CT molecular complexity index is 24.1. The Morgan fingerprint density at radius 3 is 0.267 bits per heavy atom. The normalized spacial score (nSPS) is 0. The Morgan fingerprint density at radius 1 is 0.267 bits per heavy atom. The summed E-state index contributed by atoms with van der Waals surface area (Å²) in [5, 5.41) is 0. The molecule has 0 spiro atoms. The summed E-state index contributed by atoms with van der Waals surface area (Å²) in [7, 11) is 0. The summed E-state index contributed by atoms with van der Waals surface area (Å²) >= 11 is 0. The molecule has 72 valence electrons. The Labute approximate surface area is 215 Å². The van der Waals surface area contributed by atoms with Gasteiger partial charge >= 0.3 is 171 Å². The van der Waals surface area contributed by atoms with Crippen LogP contribution in [0.2, 0.25) is 0 Å². The fourth-order valence-electron chi connectivity index (χ4n) is 0. The van der Waals surface area contributed by atoms with Gasteiger partial charge in [-0.05, 0) is 0 Å². The first-order valence-electron chi connectivity index (χ1n) is 0. The molecule has 0 aliphatic rings. The zero-order valence-corrected chi connectivity index (χ0v) is 22.4. The maximum atomic E-state index is 0. The summed E-state index contributed by atoms with van der Waals surface area (Å²) in [6.07, 6.45) is 0. The third-order valence-electron chi connectivity index (χ3n) is 0. The first kappa shape index (κ1) is 269. The van der Waals surface area contributed by atoms with Crippen LogP contribution in [0.3, 0.4) is 0 Å². The Hall–Kier alpha value is 5.30. The van der Waals surface area contributed by atoms with Crippen molar-refractivity contribution in [3.8, 4) is 0 Å². The van der Waals surface area contributed by atoms with E-state index in [4.69, 9.17) is 0 Å². The van der Waals surface area contributed by atoms with E-state index >= 15 is 0 Å². The minimum absolute atomic E-state index is 0. The molecule has 0 aromatic heterocycles. The van der Waals surface area contributed by atoms with Gasteiger partial charge in [-0.1, -0.05) is 0 Å². The van der Waals surface area contributed by atoms with Crippen molar-refractivity contribution in [3.63, 3.8) is 0 Å². The molecule has 0 saturated heterocycles. The molecular formula is Al2La2O9Y2. The molecule has 0 aliphatic carbocycles. The van der Waals surface area contributed by atoms with Gasteiger partial charge in [0, 0.05) is 0 Å². The van der Waals surface area contributed by atoms with Crippen molar-refractivity contribution in [1.29, 1.82) is 0 Å². The van der Waals surface area contributed by atoms with Gasteiger partial charge in [0.15, 0.2) is 0 Å². The van der Waals surface area contributed by atoms with Crippen LogP contribution in [0.1, 0.15) is 0 Å². The van der Waals surface area contributed by atoms with E-state index in [1.165, 1.54) is 0 Å². The van der Waals surface area contributed by atoms with Crippen molar-refractivity contribution in [1.82, 2.24) is 0 Å². The fourth-order valence-corrected chi connectivity index (χ4v) is 0. The monoisotopic (exact) mass is 654 g/mol.